The van der Waals surface area contributed by atoms with Gasteiger partial charge >= 0.3 is 0 Å². The lowest BCUT2D eigenvalue weighted by Gasteiger charge is -2.26. The van der Waals surface area contributed by atoms with Gasteiger partial charge in [-0.3, -0.25) is 0 Å². The second-order valence-electron chi connectivity index (χ2n) is 6.77. The van der Waals surface area contributed by atoms with Crippen molar-refractivity contribution in [3.8, 4) is 11.3 Å². The highest BCUT2D eigenvalue weighted by Crippen LogP contribution is 2.30. The van der Waals surface area contributed by atoms with Crippen LogP contribution in [0.1, 0.15) is 24.8 Å². The van der Waals surface area contributed by atoms with Gasteiger partial charge in [0.1, 0.15) is 11.3 Å². The number of fused-ring (bicyclic) bond motifs is 1. The first-order valence-electron chi connectivity index (χ1n) is 9.27. The van der Waals surface area contributed by atoms with E-state index in [1.54, 1.807) is 0 Å². The molecule has 0 saturated carbocycles. The van der Waals surface area contributed by atoms with Gasteiger partial charge < -0.3 is 14.1 Å². The molecule has 0 bridgehead atoms. The van der Waals surface area contributed by atoms with Crippen LogP contribution in [0, 0.1) is 0 Å². The topological polar surface area (TPSA) is 25.6 Å². The number of hydrogen-bond acceptors (Lipinski definition) is 3. The van der Waals surface area contributed by atoms with Gasteiger partial charge in [-0.1, -0.05) is 55.0 Å². The molecule has 0 spiro atoms. The normalized spacial score (nSPS) is 15.7. The van der Waals surface area contributed by atoms with Crippen LogP contribution >= 0.6 is 0 Å². The minimum absolute atomic E-state index is 0.604. The minimum atomic E-state index is 0.604. The molecule has 1 aromatic heterocycles. The molecule has 0 radical (unpaired) electrons. The van der Waals surface area contributed by atoms with Crippen molar-refractivity contribution in [2.75, 3.05) is 26.2 Å². The maximum absolute atomic E-state index is 6.14. The van der Waals surface area contributed by atoms with Gasteiger partial charge in [-0.2, -0.15) is 0 Å². The van der Waals surface area contributed by atoms with Crippen molar-refractivity contribution in [2.24, 2.45) is 0 Å². The standard InChI is InChI=1S/C22H25NO2/c1-3-8-18(9-4-1)21-16-19-10-7-11-20(22(19)25-21)17-24-15-14-23-12-5-2-6-13-23/h1,3-4,7-11,16H,2,5-6,12-15,17H2. The molecule has 0 unspecified atom stereocenters. The van der Waals surface area contributed by atoms with Crippen LogP contribution in [0.2, 0.25) is 0 Å². The van der Waals surface area contributed by atoms with Crippen LogP contribution in [0.3, 0.4) is 0 Å². The van der Waals surface area contributed by atoms with E-state index in [-0.39, 0.29) is 0 Å². The summed E-state index contributed by atoms with van der Waals surface area (Å²) in [5.41, 5.74) is 3.17. The van der Waals surface area contributed by atoms with E-state index in [2.05, 4.69) is 41.3 Å². The summed E-state index contributed by atoms with van der Waals surface area (Å²) in [4.78, 5) is 2.50. The van der Waals surface area contributed by atoms with E-state index in [0.717, 1.165) is 41.0 Å². The highest BCUT2D eigenvalue weighted by Gasteiger charge is 2.11. The van der Waals surface area contributed by atoms with Crippen LogP contribution in [-0.2, 0) is 11.3 Å². The van der Waals surface area contributed by atoms with Crippen molar-refractivity contribution in [3.63, 3.8) is 0 Å². The Morgan fingerprint density at radius 2 is 1.76 bits per heavy atom. The third-order valence-corrected chi connectivity index (χ3v) is 4.94. The maximum Gasteiger partial charge on any atom is 0.140 e. The number of ether oxygens (including phenoxy) is 1. The van der Waals surface area contributed by atoms with E-state index >= 15 is 0 Å². The van der Waals surface area contributed by atoms with Crippen molar-refractivity contribution in [1.82, 2.24) is 4.90 Å². The van der Waals surface area contributed by atoms with Crippen molar-refractivity contribution in [3.05, 3.63) is 60.2 Å². The molecule has 3 heteroatoms. The number of rotatable bonds is 6. The molecular weight excluding hydrogens is 310 g/mol. The van der Waals surface area contributed by atoms with Crippen molar-refractivity contribution < 1.29 is 9.15 Å². The van der Waals surface area contributed by atoms with Gasteiger partial charge in [0.05, 0.1) is 13.2 Å². The van der Waals surface area contributed by atoms with E-state index in [0.29, 0.717) is 6.61 Å². The van der Waals surface area contributed by atoms with Gasteiger partial charge in [0.2, 0.25) is 0 Å². The van der Waals surface area contributed by atoms with Gasteiger partial charge in [-0.05, 0) is 32.0 Å². The first kappa shape index (κ1) is 16.4. The summed E-state index contributed by atoms with van der Waals surface area (Å²) in [7, 11) is 0. The van der Waals surface area contributed by atoms with Crippen LogP contribution < -0.4 is 0 Å². The van der Waals surface area contributed by atoms with Crippen LogP contribution in [0.5, 0.6) is 0 Å². The Labute approximate surface area is 149 Å². The lowest BCUT2D eigenvalue weighted by Crippen LogP contribution is -2.32. The molecule has 25 heavy (non-hydrogen) atoms. The van der Waals surface area contributed by atoms with Crippen LogP contribution in [0.15, 0.2) is 59.0 Å². The highest BCUT2D eigenvalue weighted by atomic mass is 16.5. The molecule has 0 aliphatic carbocycles. The summed E-state index contributed by atoms with van der Waals surface area (Å²) in [5, 5.41) is 1.14. The molecule has 0 N–H and O–H groups in total. The zero-order valence-electron chi connectivity index (χ0n) is 14.6. The summed E-state index contributed by atoms with van der Waals surface area (Å²) in [5.74, 6) is 0.913. The Kier molecular flexibility index (Phi) is 5.14. The van der Waals surface area contributed by atoms with Gasteiger partial charge in [-0.25, -0.2) is 0 Å². The summed E-state index contributed by atoms with van der Waals surface area (Å²) < 4.78 is 12.1. The molecule has 1 fully saturated rings. The SMILES string of the molecule is c1ccc(-c2cc3cccc(COCCN4CCCCC4)c3o2)cc1. The average Bonchev–Trinajstić information content (AvgIpc) is 3.12. The molecule has 2 heterocycles. The van der Waals surface area contributed by atoms with Gasteiger partial charge in [-0.15, -0.1) is 0 Å². The first-order chi connectivity index (χ1) is 12.4. The lowest BCUT2D eigenvalue weighted by molar-refractivity contribution is 0.0865. The van der Waals surface area contributed by atoms with E-state index in [1.165, 1.54) is 32.4 Å². The molecular formula is C22H25NO2. The van der Waals surface area contributed by atoms with Crippen LogP contribution in [0.25, 0.3) is 22.3 Å². The van der Waals surface area contributed by atoms with E-state index in [1.807, 2.05) is 18.2 Å². The van der Waals surface area contributed by atoms with Crippen molar-refractivity contribution in [1.29, 1.82) is 0 Å². The largest absolute Gasteiger partial charge is 0.456 e. The fourth-order valence-electron chi connectivity index (χ4n) is 3.54. The molecule has 3 aromatic rings. The minimum Gasteiger partial charge on any atom is -0.456 e. The second kappa shape index (κ2) is 7.85. The number of likely N-dealkylation sites (tertiary alicyclic amines) is 1. The highest BCUT2D eigenvalue weighted by molar-refractivity contribution is 5.85. The number of nitrogens with zero attached hydrogens (tertiary/aromatic N) is 1. The van der Waals surface area contributed by atoms with Gasteiger partial charge in [0.25, 0.3) is 0 Å². The number of furan rings is 1. The first-order valence-corrected chi connectivity index (χ1v) is 9.27. The number of hydrogen-bond donors (Lipinski definition) is 0. The van der Waals surface area contributed by atoms with Crippen molar-refractivity contribution in [2.45, 2.75) is 25.9 Å². The second-order valence-corrected chi connectivity index (χ2v) is 6.77. The zero-order valence-corrected chi connectivity index (χ0v) is 14.6. The molecule has 1 aliphatic heterocycles. The Hall–Kier alpha value is -2.10. The quantitative estimate of drug-likeness (QED) is 0.586. The molecule has 0 amide bonds. The van der Waals surface area contributed by atoms with Gasteiger partial charge in [0.15, 0.2) is 0 Å². The van der Waals surface area contributed by atoms with Gasteiger partial charge in [0, 0.05) is 23.1 Å². The van der Waals surface area contributed by atoms with Crippen LogP contribution in [0.4, 0.5) is 0 Å². The third kappa shape index (κ3) is 3.94. The van der Waals surface area contributed by atoms with E-state index in [9.17, 15) is 0 Å². The predicted molar refractivity (Wildman–Crippen MR) is 102 cm³/mol. The Morgan fingerprint density at radius 3 is 2.60 bits per heavy atom. The zero-order chi connectivity index (χ0) is 16.9. The Bertz CT molecular complexity index is 803. The average molecular weight is 335 g/mol. The molecule has 2 aromatic carbocycles. The molecule has 3 nitrogen and oxygen atoms in total. The monoisotopic (exact) mass is 335 g/mol. The van der Waals surface area contributed by atoms with E-state index in [4.69, 9.17) is 9.15 Å². The molecule has 1 saturated heterocycles. The number of benzene rings is 2. The van der Waals surface area contributed by atoms with Crippen molar-refractivity contribution >= 4 is 11.0 Å². The van der Waals surface area contributed by atoms with E-state index < -0.39 is 0 Å². The smallest absolute Gasteiger partial charge is 0.140 e. The molecule has 1 aliphatic rings. The fraction of sp³-hybridized carbons (Fsp3) is 0.364. The molecule has 130 valence electrons. The lowest BCUT2D eigenvalue weighted by atomic mass is 10.1. The van der Waals surface area contributed by atoms with Crippen LogP contribution in [-0.4, -0.2) is 31.1 Å². The molecule has 4 rings (SSSR count). The fourth-order valence-corrected chi connectivity index (χ4v) is 3.54. The summed E-state index contributed by atoms with van der Waals surface area (Å²) in [6.45, 7) is 4.86. The summed E-state index contributed by atoms with van der Waals surface area (Å²) >= 11 is 0. The molecule has 0 atom stereocenters. The number of piperidine rings is 1. The maximum atomic E-state index is 6.14. The summed E-state index contributed by atoms with van der Waals surface area (Å²) in [6.07, 6.45) is 4.03. The predicted octanol–water partition coefficient (Wildman–Crippen LogP) is 5.10. The third-order valence-electron chi connectivity index (χ3n) is 4.94. The number of para-hydroxylation sites is 1. The Morgan fingerprint density at radius 1 is 0.920 bits per heavy atom. The summed E-state index contributed by atoms with van der Waals surface area (Å²) in [6, 6.07) is 18.6. The Balaban J connectivity index is 1.42.